The number of benzene rings is 2. The standard InChI is InChI=1S/C24H24IN5O5S/c1-4-34-21-11-18(12-26-29-22(31)14-36-24-27-15(2)8-16(3)28-24)10-20(25)23(21)35-13-17-6-5-7-19(9-17)30(32)33/h5-12H,4,13-14H2,1-3H3,(H,29,31)/b26-12-. The molecule has 0 atom stereocenters. The van der Waals surface area contributed by atoms with Gasteiger partial charge >= 0.3 is 0 Å². The maximum atomic E-state index is 12.2. The van der Waals surface area contributed by atoms with Crippen LogP contribution in [0.2, 0.25) is 0 Å². The second-order valence-corrected chi connectivity index (χ2v) is 9.60. The molecule has 1 N–H and O–H groups in total. The Hall–Kier alpha value is -3.26. The number of nitro benzene ring substituents is 1. The first-order chi connectivity index (χ1) is 17.2. The number of nitro groups is 1. The zero-order valence-electron chi connectivity index (χ0n) is 19.9. The molecule has 0 aliphatic heterocycles. The molecular weight excluding hydrogens is 597 g/mol. The molecule has 3 rings (SSSR count). The molecule has 0 spiro atoms. The minimum Gasteiger partial charge on any atom is -0.490 e. The zero-order valence-corrected chi connectivity index (χ0v) is 22.8. The number of hydrogen-bond donors (Lipinski definition) is 1. The average Bonchev–Trinajstić information content (AvgIpc) is 2.82. The molecule has 3 aromatic rings. The highest BCUT2D eigenvalue weighted by Crippen LogP contribution is 2.34. The number of hydrazone groups is 1. The van der Waals surface area contributed by atoms with Crippen LogP contribution in [-0.2, 0) is 11.4 Å². The first kappa shape index (κ1) is 27.3. The number of halogens is 1. The van der Waals surface area contributed by atoms with Crippen LogP contribution in [0.1, 0.15) is 29.4 Å². The van der Waals surface area contributed by atoms with E-state index < -0.39 is 4.92 Å². The van der Waals surface area contributed by atoms with Crippen molar-refractivity contribution in [2.75, 3.05) is 12.4 Å². The number of nitrogens with zero attached hydrogens (tertiary/aromatic N) is 4. The van der Waals surface area contributed by atoms with Crippen LogP contribution in [0.3, 0.4) is 0 Å². The second kappa shape index (κ2) is 13.2. The number of nitrogens with one attached hydrogen (secondary N) is 1. The number of aromatic nitrogens is 2. The summed E-state index contributed by atoms with van der Waals surface area (Å²) in [6.45, 7) is 6.17. The van der Waals surface area contributed by atoms with Crippen molar-refractivity contribution in [3.05, 3.63) is 78.7 Å². The van der Waals surface area contributed by atoms with Crippen LogP contribution in [0, 0.1) is 27.5 Å². The largest absolute Gasteiger partial charge is 0.490 e. The summed E-state index contributed by atoms with van der Waals surface area (Å²) in [6, 6.07) is 11.7. The van der Waals surface area contributed by atoms with Gasteiger partial charge in [-0.1, -0.05) is 23.9 Å². The topological polar surface area (TPSA) is 129 Å². The van der Waals surface area contributed by atoms with Crippen LogP contribution in [0.5, 0.6) is 11.5 Å². The number of rotatable bonds is 11. The number of aryl methyl sites for hydroxylation is 2. The highest BCUT2D eigenvalue weighted by Gasteiger charge is 2.13. The van der Waals surface area contributed by atoms with Gasteiger partial charge < -0.3 is 9.47 Å². The molecule has 1 amide bonds. The lowest BCUT2D eigenvalue weighted by atomic mass is 10.2. The highest BCUT2D eigenvalue weighted by molar-refractivity contribution is 14.1. The molecular formula is C24H24IN5O5S. The Kier molecular flexibility index (Phi) is 9.99. The minimum absolute atomic E-state index is 0.00403. The van der Waals surface area contributed by atoms with E-state index in [4.69, 9.17) is 9.47 Å². The van der Waals surface area contributed by atoms with Crippen molar-refractivity contribution >= 4 is 52.2 Å². The first-order valence-corrected chi connectivity index (χ1v) is 12.9. The predicted octanol–water partition coefficient (Wildman–Crippen LogP) is 4.83. The summed E-state index contributed by atoms with van der Waals surface area (Å²) in [7, 11) is 0. The van der Waals surface area contributed by atoms with Crippen molar-refractivity contribution in [2.45, 2.75) is 32.5 Å². The molecule has 0 aliphatic carbocycles. The van der Waals surface area contributed by atoms with Crippen molar-refractivity contribution in [1.29, 1.82) is 0 Å². The molecule has 1 heterocycles. The third kappa shape index (κ3) is 8.16. The maximum Gasteiger partial charge on any atom is 0.269 e. The maximum absolute atomic E-state index is 12.2. The molecule has 0 radical (unpaired) electrons. The highest BCUT2D eigenvalue weighted by atomic mass is 127. The SMILES string of the molecule is CCOc1cc(/C=N\NC(=O)CSc2nc(C)cc(C)n2)cc(I)c1OCc1cccc([N+](=O)[O-])c1. The van der Waals surface area contributed by atoms with Gasteiger partial charge in [0.15, 0.2) is 16.7 Å². The third-order valence-corrected chi connectivity index (χ3v) is 6.18. The van der Waals surface area contributed by atoms with Gasteiger partial charge in [-0.25, -0.2) is 15.4 Å². The second-order valence-electron chi connectivity index (χ2n) is 7.49. The fourth-order valence-corrected chi connectivity index (χ4v) is 4.60. The summed E-state index contributed by atoms with van der Waals surface area (Å²) < 4.78 is 12.4. The molecule has 0 saturated carbocycles. The van der Waals surface area contributed by atoms with Crippen molar-refractivity contribution in [3.8, 4) is 11.5 Å². The predicted molar refractivity (Wildman–Crippen MR) is 146 cm³/mol. The van der Waals surface area contributed by atoms with Crippen LogP contribution < -0.4 is 14.9 Å². The van der Waals surface area contributed by atoms with Crippen LogP contribution in [0.4, 0.5) is 5.69 Å². The van der Waals surface area contributed by atoms with Gasteiger partial charge in [0.25, 0.3) is 11.6 Å². The van der Waals surface area contributed by atoms with Crippen LogP contribution in [0.25, 0.3) is 0 Å². The molecule has 0 bridgehead atoms. The molecule has 36 heavy (non-hydrogen) atoms. The average molecular weight is 621 g/mol. The normalized spacial score (nSPS) is 10.9. The van der Waals surface area contributed by atoms with Crippen LogP contribution >= 0.6 is 34.4 Å². The Labute approximate surface area is 226 Å². The molecule has 0 aliphatic rings. The lowest BCUT2D eigenvalue weighted by molar-refractivity contribution is -0.384. The van der Waals surface area contributed by atoms with Gasteiger partial charge in [0, 0.05) is 23.5 Å². The monoisotopic (exact) mass is 621 g/mol. The van der Waals surface area contributed by atoms with Crippen LogP contribution in [-0.4, -0.2) is 39.4 Å². The smallest absolute Gasteiger partial charge is 0.269 e. The first-order valence-electron chi connectivity index (χ1n) is 10.8. The Balaban J connectivity index is 1.63. The van der Waals surface area contributed by atoms with Gasteiger partial charge in [-0.3, -0.25) is 14.9 Å². The number of non-ortho nitro benzene ring substituents is 1. The lowest BCUT2D eigenvalue weighted by Crippen LogP contribution is -2.19. The number of carbonyl (C=O) groups excluding carboxylic acids is 1. The van der Waals surface area contributed by atoms with E-state index >= 15 is 0 Å². The van der Waals surface area contributed by atoms with E-state index in [0.29, 0.717) is 34.4 Å². The van der Waals surface area contributed by atoms with Crippen molar-refractivity contribution < 1.29 is 19.2 Å². The van der Waals surface area contributed by atoms with E-state index in [0.717, 1.165) is 15.0 Å². The van der Waals surface area contributed by atoms with Gasteiger partial charge in [-0.05, 0) is 72.7 Å². The lowest BCUT2D eigenvalue weighted by Gasteiger charge is -2.14. The van der Waals surface area contributed by atoms with Gasteiger partial charge in [0.2, 0.25) is 0 Å². The van der Waals surface area contributed by atoms with Gasteiger partial charge in [-0.15, -0.1) is 0 Å². The molecule has 0 unspecified atom stereocenters. The molecule has 2 aromatic carbocycles. The minimum atomic E-state index is -0.443. The number of carbonyl (C=O) groups is 1. The summed E-state index contributed by atoms with van der Waals surface area (Å²) in [5.41, 5.74) is 5.57. The molecule has 0 saturated heterocycles. The third-order valence-electron chi connectivity index (χ3n) is 4.53. The number of thioether (sulfide) groups is 1. The molecule has 12 heteroatoms. The Morgan fingerprint density at radius 1 is 1.19 bits per heavy atom. The van der Waals surface area contributed by atoms with Crippen molar-refractivity contribution in [1.82, 2.24) is 15.4 Å². The van der Waals surface area contributed by atoms with Crippen molar-refractivity contribution in [2.24, 2.45) is 5.10 Å². The van der Waals surface area contributed by atoms with Gasteiger partial charge in [-0.2, -0.15) is 5.10 Å². The van der Waals surface area contributed by atoms with E-state index in [1.165, 1.54) is 30.1 Å². The fraction of sp³-hybridized carbons (Fsp3) is 0.250. The summed E-state index contributed by atoms with van der Waals surface area (Å²) in [5, 5.41) is 15.6. The summed E-state index contributed by atoms with van der Waals surface area (Å²) in [4.78, 5) is 31.3. The molecule has 0 fully saturated rings. The zero-order chi connectivity index (χ0) is 26.1. The van der Waals surface area contributed by atoms with Crippen molar-refractivity contribution in [3.63, 3.8) is 0 Å². The number of hydrogen-bond acceptors (Lipinski definition) is 9. The summed E-state index contributed by atoms with van der Waals surface area (Å²) >= 11 is 3.36. The summed E-state index contributed by atoms with van der Waals surface area (Å²) in [6.07, 6.45) is 1.52. The molecule has 188 valence electrons. The van der Waals surface area contributed by atoms with Gasteiger partial charge in [0.1, 0.15) is 6.61 Å². The Bertz CT molecular complexity index is 1270. The van der Waals surface area contributed by atoms with E-state index in [1.54, 1.807) is 18.2 Å². The summed E-state index contributed by atoms with van der Waals surface area (Å²) in [5.74, 6) is 0.877. The van der Waals surface area contributed by atoms with E-state index in [9.17, 15) is 14.9 Å². The fourth-order valence-electron chi connectivity index (χ4n) is 3.08. The Morgan fingerprint density at radius 3 is 2.64 bits per heavy atom. The quantitative estimate of drug-likeness (QED) is 0.0806. The van der Waals surface area contributed by atoms with E-state index in [2.05, 4.69) is 43.1 Å². The van der Waals surface area contributed by atoms with Gasteiger partial charge in [0.05, 0.1) is 27.1 Å². The Morgan fingerprint density at radius 2 is 1.94 bits per heavy atom. The van der Waals surface area contributed by atoms with Crippen LogP contribution in [0.15, 0.2) is 52.7 Å². The molecule has 1 aromatic heterocycles. The number of amides is 1. The van der Waals surface area contributed by atoms with E-state index in [-0.39, 0.29) is 24.0 Å². The van der Waals surface area contributed by atoms with E-state index in [1.807, 2.05) is 32.9 Å². The number of ether oxygens (including phenoxy) is 2. The molecule has 10 nitrogen and oxygen atoms in total.